The molecular weight excluding hydrogens is 316 g/mol. The first-order chi connectivity index (χ1) is 12.2. The van der Waals surface area contributed by atoms with Crippen molar-refractivity contribution in [2.24, 2.45) is 0 Å². The summed E-state index contributed by atoms with van der Waals surface area (Å²) in [5.74, 6) is -1.57. The van der Waals surface area contributed by atoms with Crippen LogP contribution in [0.5, 0.6) is 0 Å². The minimum absolute atomic E-state index is 0.293. The molecule has 2 amide bonds. The summed E-state index contributed by atoms with van der Waals surface area (Å²) in [4.78, 5) is 24.2. The minimum atomic E-state index is -0.795. The predicted octanol–water partition coefficient (Wildman–Crippen LogP) is 2.63. The molecule has 0 spiro atoms. The molecule has 3 aromatic carbocycles. The highest BCUT2D eigenvalue weighted by Crippen LogP contribution is 2.19. The Morgan fingerprint density at radius 2 is 1.52 bits per heavy atom. The monoisotopic (exact) mass is 334 g/mol. The minimum Gasteiger partial charge on any atom is -0.394 e. The van der Waals surface area contributed by atoms with Gasteiger partial charge in [-0.1, -0.05) is 60.7 Å². The van der Waals surface area contributed by atoms with Crippen LogP contribution in [-0.2, 0) is 9.59 Å². The lowest BCUT2D eigenvalue weighted by Gasteiger charge is -2.16. The van der Waals surface area contributed by atoms with Crippen LogP contribution in [0.25, 0.3) is 10.8 Å². The zero-order valence-electron chi connectivity index (χ0n) is 13.5. The van der Waals surface area contributed by atoms with Crippen LogP contribution in [0.1, 0.15) is 11.6 Å². The van der Waals surface area contributed by atoms with Crippen LogP contribution in [0, 0.1) is 0 Å². The lowest BCUT2D eigenvalue weighted by molar-refractivity contribution is -0.136. The van der Waals surface area contributed by atoms with Crippen LogP contribution in [0.3, 0.4) is 0 Å². The first-order valence-corrected chi connectivity index (χ1v) is 7.94. The van der Waals surface area contributed by atoms with Gasteiger partial charge in [0, 0.05) is 5.69 Å². The van der Waals surface area contributed by atoms with Gasteiger partial charge in [0.1, 0.15) is 0 Å². The Morgan fingerprint density at radius 3 is 2.24 bits per heavy atom. The van der Waals surface area contributed by atoms with E-state index < -0.39 is 17.9 Å². The second-order valence-corrected chi connectivity index (χ2v) is 5.64. The lowest BCUT2D eigenvalue weighted by atomic mass is 10.1. The highest BCUT2D eigenvalue weighted by molar-refractivity contribution is 6.39. The van der Waals surface area contributed by atoms with Crippen molar-refractivity contribution in [3.8, 4) is 0 Å². The van der Waals surface area contributed by atoms with Gasteiger partial charge in [-0.25, -0.2) is 0 Å². The summed E-state index contributed by atoms with van der Waals surface area (Å²) >= 11 is 0. The molecule has 0 fully saturated rings. The number of amides is 2. The van der Waals surface area contributed by atoms with Crippen molar-refractivity contribution in [1.82, 2.24) is 5.32 Å². The quantitative estimate of drug-likeness (QED) is 0.642. The van der Waals surface area contributed by atoms with E-state index in [2.05, 4.69) is 10.6 Å². The Balaban J connectivity index is 1.68. The van der Waals surface area contributed by atoms with Gasteiger partial charge in [-0.05, 0) is 28.5 Å². The Bertz CT molecular complexity index is 894. The van der Waals surface area contributed by atoms with Gasteiger partial charge in [0.15, 0.2) is 0 Å². The third-order valence-corrected chi connectivity index (χ3v) is 3.90. The Hall–Kier alpha value is -3.18. The summed E-state index contributed by atoms with van der Waals surface area (Å²) in [7, 11) is 0. The average molecular weight is 334 g/mol. The molecule has 25 heavy (non-hydrogen) atoms. The SMILES string of the molecule is O=C(Nc1ccc2ccccc2c1)C(=O)NC(CO)c1ccccc1. The number of carbonyl (C=O) groups excluding carboxylic acids is 2. The topological polar surface area (TPSA) is 78.4 Å². The highest BCUT2D eigenvalue weighted by atomic mass is 16.3. The van der Waals surface area contributed by atoms with E-state index in [9.17, 15) is 14.7 Å². The maximum atomic E-state index is 12.1. The number of hydrogen-bond donors (Lipinski definition) is 3. The Labute approximate surface area is 145 Å². The molecule has 0 aliphatic carbocycles. The van der Waals surface area contributed by atoms with Gasteiger partial charge in [-0.15, -0.1) is 0 Å². The van der Waals surface area contributed by atoms with E-state index in [0.717, 1.165) is 16.3 Å². The van der Waals surface area contributed by atoms with E-state index in [1.165, 1.54) is 0 Å². The van der Waals surface area contributed by atoms with Gasteiger partial charge in [-0.3, -0.25) is 9.59 Å². The zero-order chi connectivity index (χ0) is 17.6. The van der Waals surface area contributed by atoms with Crippen molar-refractivity contribution >= 4 is 28.3 Å². The fourth-order valence-corrected chi connectivity index (χ4v) is 2.60. The summed E-state index contributed by atoms with van der Waals surface area (Å²) in [5.41, 5.74) is 1.27. The molecule has 0 saturated heterocycles. The fraction of sp³-hybridized carbons (Fsp3) is 0.100. The van der Waals surface area contributed by atoms with Crippen LogP contribution >= 0.6 is 0 Å². The van der Waals surface area contributed by atoms with E-state index >= 15 is 0 Å². The van der Waals surface area contributed by atoms with Gasteiger partial charge in [0.05, 0.1) is 12.6 Å². The summed E-state index contributed by atoms with van der Waals surface area (Å²) in [6, 6.07) is 21.6. The van der Waals surface area contributed by atoms with Gasteiger partial charge in [0.25, 0.3) is 0 Å². The number of aliphatic hydroxyl groups excluding tert-OH is 1. The number of anilines is 1. The van der Waals surface area contributed by atoms with Crippen molar-refractivity contribution in [2.75, 3.05) is 11.9 Å². The third kappa shape index (κ3) is 4.02. The summed E-state index contributed by atoms with van der Waals surface area (Å²) in [6.07, 6.45) is 0. The number of nitrogens with one attached hydrogen (secondary N) is 2. The highest BCUT2D eigenvalue weighted by Gasteiger charge is 2.19. The summed E-state index contributed by atoms with van der Waals surface area (Å²) in [6.45, 7) is -0.293. The number of benzene rings is 3. The molecule has 3 aromatic rings. The third-order valence-electron chi connectivity index (χ3n) is 3.90. The van der Waals surface area contributed by atoms with Crippen molar-refractivity contribution in [2.45, 2.75) is 6.04 Å². The maximum absolute atomic E-state index is 12.1. The molecule has 0 heterocycles. The molecule has 3 N–H and O–H groups in total. The molecule has 0 radical (unpaired) electrons. The second-order valence-electron chi connectivity index (χ2n) is 5.64. The maximum Gasteiger partial charge on any atom is 0.313 e. The molecule has 5 heteroatoms. The van der Waals surface area contributed by atoms with Crippen LogP contribution in [0.4, 0.5) is 5.69 Å². The van der Waals surface area contributed by atoms with Gasteiger partial charge < -0.3 is 15.7 Å². The molecule has 126 valence electrons. The largest absolute Gasteiger partial charge is 0.394 e. The Morgan fingerprint density at radius 1 is 0.840 bits per heavy atom. The van der Waals surface area contributed by atoms with Crippen LogP contribution in [0.2, 0.25) is 0 Å². The molecular formula is C20H18N2O3. The number of fused-ring (bicyclic) bond motifs is 1. The molecule has 3 rings (SSSR count). The van der Waals surface area contributed by atoms with Crippen LogP contribution in [0.15, 0.2) is 72.8 Å². The van der Waals surface area contributed by atoms with Crippen LogP contribution in [-0.4, -0.2) is 23.5 Å². The number of carbonyl (C=O) groups is 2. The second kappa shape index (κ2) is 7.59. The van der Waals surface area contributed by atoms with E-state index in [-0.39, 0.29) is 6.61 Å². The van der Waals surface area contributed by atoms with Crippen molar-refractivity contribution in [3.05, 3.63) is 78.4 Å². The molecule has 0 bridgehead atoms. The smallest absolute Gasteiger partial charge is 0.313 e. The van der Waals surface area contributed by atoms with Crippen molar-refractivity contribution < 1.29 is 14.7 Å². The normalized spacial score (nSPS) is 11.7. The van der Waals surface area contributed by atoms with E-state index in [1.54, 1.807) is 36.4 Å². The van der Waals surface area contributed by atoms with E-state index in [1.807, 2.05) is 36.4 Å². The van der Waals surface area contributed by atoms with Crippen molar-refractivity contribution in [1.29, 1.82) is 0 Å². The number of hydrogen-bond acceptors (Lipinski definition) is 3. The first-order valence-electron chi connectivity index (χ1n) is 7.94. The predicted molar refractivity (Wildman–Crippen MR) is 97.0 cm³/mol. The number of rotatable bonds is 4. The first kappa shape index (κ1) is 16.7. The molecule has 1 unspecified atom stereocenters. The molecule has 1 atom stereocenters. The van der Waals surface area contributed by atoms with Crippen LogP contribution < -0.4 is 10.6 Å². The van der Waals surface area contributed by atoms with Crippen molar-refractivity contribution in [3.63, 3.8) is 0 Å². The molecule has 0 aliphatic rings. The zero-order valence-corrected chi connectivity index (χ0v) is 13.5. The Kier molecular flexibility index (Phi) is 5.06. The molecule has 5 nitrogen and oxygen atoms in total. The fourth-order valence-electron chi connectivity index (χ4n) is 2.60. The van der Waals surface area contributed by atoms with E-state index in [0.29, 0.717) is 5.69 Å². The molecule has 0 saturated carbocycles. The average Bonchev–Trinajstić information content (AvgIpc) is 2.66. The molecule has 0 aliphatic heterocycles. The van der Waals surface area contributed by atoms with Gasteiger partial charge >= 0.3 is 11.8 Å². The van der Waals surface area contributed by atoms with Gasteiger partial charge in [-0.2, -0.15) is 0 Å². The van der Waals surface area contributed by atoms with E-state index in [4.69, 9.17) is 0 Å². The summed E-state index contributed by atoms with van der Waals surface area (Å²) in [5, 5.41) is 16.6. The summed E-state index contributed by atoms with van der Waals surface area (Å²) < 4.78 is 0. The molecule has 0 aromatic heterocycles. The lowest BCUT2D eigenvalue weighted by Crippen LogP contribution is -2.39. The number of aliphatic hydroxyl groups is 1. The standard InChI is InChI=1S/C20H18N2O3/c23-13-18(15-7-2-1-3-8-15)22-20(25)19(24)21-17-11-10-14-6-4-5-9-16(14)12-17/h1-12,18,23H,13H2,(H,21,24)(H,22,25). The van der Waals surface area contributed by atoms with Gasteiger partial charge in [0.2, 0.25) is 0 Å².